The zero-order chi connectivity index (χ0) is 21.9. The third-order valence-electron chi connectivity index (χ3n) is 5.64. The van der Waals surface area contributed by atoms with Gasteiger partial charge >= 0.3 is 0 Å². The van der Waals surface area contributed by atoms with Crippen LogP contribution in [0.4, 0.5) is 0 Å². The molecule has 0 bridgehead atoms. The summed E-state index contributed by atoms with van der Waals surface area (Å²) in [6.07, 6.45) is 1.50. The van der Waals surface area contributed by atoms with Gasteiger partial charge in [-0.25, -0.2) is 0 Å². The molecule has 3 rings (SSSR count). The number of hydrogen-bond donors (Lipinski definition) is 2. The molecule has 31 heavy (non-hydrogen) atoms. The van der Waals surface area contributed by atoms with Crippen LogP contribution in [0.2, 0.25) is 0 Å². The summed E-state index contributed by atoms with van der Waals surface area (Å²) in [5.41, 5.74) is 2.71. The smallest absolute Gasteiger partial charge is 0.131 e. The van der Waals surface area contributed by atoms with Crippen LogP contribution >= 0.6 is 0 Å². The highest BCUT2D eigenvalue weighted by atomic mass is 16.3. The van der Waals surface area contributed by atoms with E-state index in [0.29, 0.717) is 32.0 Å². The number of aliphatic hydroxyl groups is 1. The normalized spacial score (nSPS) is 13.5. The van der Waals surface area contributed by atoms with E-state index >= 15 is 0 Å². The monoisotopic (exact) mass is 416 g/mol. The van der Waals surface area contributed by atoms with Crippen LogP contribution in [-0.2, 0) is 19.5 Å². The van der Waals surface area contributed by atoms with Crippen LogP contribution in [-0.4, -0.2) is 28.8 Å². The van der Waals surface area contributed by atoms with E-state index in [1.165, 1.54) is 16.7 Å². The molecule has 3 heteroatoms. The Morgan fingerprint density at radius 3 is 1.65 bits per heavy atom. The van der Waals surface area contributed by atoms with Gasteiger partial charge in [-0.05, 0) is 42.0 Å². The summed E-state index contributed by atoms with van der Waals surface area (Å²) < 4.78 is 0. The Morgan fingerprint density at radius 1 is 0.742 bits per heavy atom. The van der Waals surface area contributed by atoms with Gasteiger partial charge in [0.25, 0.3) is 0 Å². The van der Waals surface area contributed by atoms with Gasteiger partial charge in [-0.2, -0.15) is 0 Å². The van der Waals surface area contributed by atoms with Gasteiger partial charge in [0.2, 0.25) is 0 Å². The fraction of sp³-hybridized carbons (Fsp3) is 0.357. The molecule has 0 aliphatic heterocycles. The van der Waals surface area contributed by atoms with E-state index in [1.54, 1.807) is 0 Å². The van der Waals surface area contributed by atoms with Gasteiger partial charge in [0.05, 0.1) is 0 Å². The minimum absolute atomic E-state index is 0.537. The molecule has 0 fully saturated rings. The van der Waals surface area contributed by atoms with Crippen LogP contribution in [0.3, 0.4) is 0 Å². The van der Waals surface area contributed by atoms with Crippen LogP contribution < -0.4 is 5.32 Å². The molecule has 0 radical (unpaired) electrons. The van der Waals surface area contributed by atoms with Crippen molar-refractivity contribution in [1.82, 2.24) is 10.2 Å². The van der Waals surface area contributed by atoms with E-state index in [4.69, 9.17) is 0 Å². The first-order valence-electron chi connectivity index (χ1n) is 11.3. The molecular weight excluding hydrogens is 380 g/mol. The maximum Gasteiger partial charge on any atom is 0.131 e. The van der Waals surface area contributed by atoms with Gasteiger partial charge in [-0.1, -0.05) is 105 Å². The van der Waals surface area contributed by atoms with Crippen molar-refractivity contribution in [3.05, 3.63) is 108 Å². The Morgan fingerprint density at radius 2 is 1.19 bits per heavy atom. The maximum atomic E-state index is 12.0. The molecule has 3 aromatic carbocycles. The third kappa shape index (κ3) is 7.62. The van der Waals surface area contributed by atoms with E-state index in [2.05, 4.69) is 96.9 Å². The van der Waals surface area contributed by atoms with Crippen molar-refractivity contribution in [2.24, 2.45) is 5.92 Å². The fourth-order valence-corrected chi connectivity index (χ4v) is 3.87. The summed E-state index contributed by atoms with van der Waals surface area (Å²) >= 11 is 0. The molecule has 3 aromatic rings. The Labute approximate surface area is 187 Å². The quantitative estimate of drug-likeness (QED) is 0.396. The second-order valence-electron chi connectivity index (χ2n) is 8.82. The minimum Gasteiger partial charge on any atom is -0.374 e. The molecule has 164 valence electrons. The van der Waals surface area contributed by atoms with Crippen molar-refractivity contribution in [1.29, 1.82) is 0 Å². The lowest BCUT2D eigenvalue weighted by molar-refractivity contribution is -0.122. The Balaban J connectivity index is 1.85. The van der Waals surface area contributed by atoms with E-state index in [-0.39, 0.29) is 0 Å². The molecule has 0 aliphatic rings. The summed E-state index contributed by atoms with van der Waals surface area (Å²) in [7, 11) is 0. The van der Waals surface area contributed by atoms with Gasteiger partial charge in [0, 0.05) is 19.6 Å². The molecule has 1 unspecified atom stereocenters. The third-order valence-corrected chi connectivity index (χ3v) is 5.64. The van der Waals surface area contributed by atoms with Crippen LogP contribution in [0.15, 0.2) is 91.0 Å². The number of nitrogens with one attached hydrogen (secondary N) is 1. The van der Waals surface area contributed by atoms with Gasteiger partial charge in [-0.15, -0.1) is 0 Å². The molecule has 0 saturated heterocycles. The Bertz CT molecular complexity index is 826. The van der Waals surface area contributed by atoms with Crippen LogP contribution in [0.1, 0.15) is 37.0 Å². The predicted octanol–water partition coefficient (Wildman–Crippen LogP) is 5.26. The average Bonchev–Trinajstić information content (AvgIpc) is 2.79. The van der Waals surface area contributed by atoms with Crippen molar-refractivity contribution in [3.8, 4) is 0 Å². The maximum absolute atomic E-state index is 12.0. The molecule has 0 aromatic heterocycles. The Hall–Kier alpha value is -2.46. The van der Waals surface area contributed by atoms with Gasteiger partial charge in [0.15, 0.2) is 0 Å². The summed E-state index contributed by atoms with van der Waals surface area (Å²) in [6.45, 7) is 7.22. The highest BCUT2D eigenvalue weighted by Crippen LogP contribution is 2.25. The second kappa shape index (κ2) is 11.8. The topological polar surface area (TPSA) is 35.5 Å². The zero-order valence-corrected chi connectivity index (χ0v) is 18.9. The molecule has 1 atom stereocenters. The second-order valence-corrected chi connectivity index (χ2v) is 8.82. The fourth-order valence-electron chi connectivity index (χ4n) is 3.87. The predicted molar refractivity (Wildman–Crippen MR) is 130 cm³/mol. The van der Waals surface area contributed by atoms with E-state index < -0.39 is 5.72 Å². The highest BCUT2D eigenvalue weighted by Gasteiger charge is 2.34. The molecule has 2 N–H and O–H groups in total. The molecule has 0 amide bonds. The number of aryl methyl sites for hydroxylation is 1. The first-order valence-corrected chi connectivity index (χ1v) is 11.3. The molecule has 0 aliphatic carbocycles. The van der Waals surface area contributed by atoms with Gasteiger partial charge in [0.1, 0.15) is 5.72 Å². The standard InChI is InChI=1S/C28H36N2O/c1-24(2)20-29-23-28(31,19-18-25-12-6-3-7-13-25)30(21-26-14-8-4-9-15-26)22-27-16-10-5-11-17-27/h3-17,24,29,31H,18-23H2,1-2H3. The zero-order valence-electron chi connectivity index (χ0n) is 18.9. The number of rotatable bonds is 12. The van der Waals surface area contributed by atoms with Crippen molar-refractivity contribution in [3.63, 3.8) is 0 Å². The largest absolute Gasteiger partial charge is 0.374 e. The summed E-state index contributed by atoms with van der Waals surface area (Å²) in [5.74, 6) is 0.537. The van der Waals surface area contributed by atoms with Crippen molar-refractivity contribution < 1.29 is 5.11 Å². The molecule has 3 nitrogen and oxygen atoms in total. The van der Waals surface area contributed by atoms with Gasteiger partial charge < -0.3 is 10.4 Å². The van der Waals surface area contributed by atoms with E-state index in [9.17, 15) is 5.11 Å². The van der Waals surface area contributed by atoms with Crippen molar-refractivity contribution in [2.45, 2.75) is 45.5 Å². The van der Waals surface area contributed by atoms with Gasteiger partial charge in [-0.3, -0.25) is 4.90 Å². The van der Waals surface area contributed by atoms with Crippen molar-refractivity contribution in [2.75, 3.05) is 13.1 Å². The number of nitrogens with zero attached hydrogens (tertiary/aromatic N) is 1. The lowest BCUT2D eigenvalue weighted by Gasteiger charge is -2.41. The molecular formula is C28H36N2O. The van der Waals surface area contributed by atoms with E-state index in [1.807, 2.05) is 18.2 Å². The first kappa shape index (κ1) is 23.2. The van der Waals surface area contributed by atoms with Crippen LogP contribution in [0, 0.1) is 5.92 Å². The minimum atomic E-state index is -0.962. The first-order chi connectivity index (χ1) is 15.0. The highest BCUT2D eigenvalue weighted by molar-refractivity contribution is 5.19. The van der Waals surface area contributed by atoms with E-state index in [0.717, 1.165) is 13.0 Å². The molecule has 0 saturated carbocycles. The lowest BCUT2D eigenvalue weighted by atomic mass is 9.98. The molecule has 0 spiro atoms. The number of hydrogen-bond acceptors (Lipinski definition) is 3. The van der Waals surface area contributed by atoms with Crippen molar-refractivity contribution >= 4 is 0 Å². The molecule has 0 heterocycles. The lowest BCUT2D eigenvalue weighted by Crippen LogP contribution is -2.55. The number of benzene rings is 3. The van der Waals surface area contributed by atoms with Crippen LogP contribution in [0.5, 0.6) is 0 Å². The average molecular weight is 417 g/mol. The summed E-state index contributed by atoms with van der Waals surface area (Å²) in [4.78, 5) is 2.23. The SMILES string of the molecule is CC(C)CNCC(O)(CCc1ccccc1)N(Cc1ccccc1)Cc1ccccc1. The summed E-state index contributed by atoms with van der Waals surface area (Å²) in [5, 5.41) is 15.6. The Kier molecular flexibility index (Phi) is 8.84. The van der Waals surface area contributed by atoms with Crippen LogP contribution in [0.25, 0.3) is 0 Å². The summed E-state index contributed by atoms with van der Waals surface area (Å²) in [6, 6.07) is 31.3.